The Morgan fingerprint density at radius 3 is 2.24 bits per heavy atom. The largest absolute Gasteiger partial charge is 0.493 e. The summed E-state index contributed by atoms with van der Waals surface area (Å²) in [6.45, 7) is 5.21. The van der Waals surface area contributed by atoms with Gasteiger partial charge in [0.05, 0.1) is 19.8 Å². The molecule has 0 radical (unpaired) electrons. The first-order valence-electron chi connectivity index (χ1n) is 9.69. The minimum absolute atomic E-state index is 0.316. The van der Waals surface area contributed by atoms with E-state index in [0.29, 0.717) is 36.3 Å². The van der Waals surface area contributed by atoms with Crippen LogP contribution in [0, 0.1) is 0 Å². The molecule has 158 valence electrons. The van der Waals surface area contributed by atoms with Gasteiger partial charge in [0.15, 0.2) is 11.5 Å². The average molecular weight is 408 g/mol. The Labute approximate surface area is 169 Å². The highest BCUT2D eigenvalue weighted by atomic mass is 19.4. The van der Waals surface area contributed by atoms with Gasteiger partial charge >= 0.3 is 6.18 Å². The van der Waals surface area contributed by atoms with Crippen LogP contribution in [0.1, 0.15) is 18.1 Å². The molecule has 7 heteroatoms. The van der Waals surface area contributed by atoms with Crippen LogP contribution in [0.5, 0.6) is 11.5 Å². The predicted molar refractivity (Wildman–Crippen MR) is 108 cm³/mol. The molecule has 29 heavy (non-hydrogen) atoms. The molecule has 0 aliphatic carbocycles. The molecule has 0 aromatic heterocycles. The normalized spacial score (nSPS) is 16.6. The molecule has 1 heterocycles. The summed E-state index contributed by atoms with van der Waals surface area (Å²) in [6.07, 6.45) is -3.45. The van der Waals surface area contributed by atoms with E-state index in [4.69, 9.17) is 9.47 Å². The van der Waals surface area contributed by atoms with Crippen LogP contribution in [-0.4, -0.2) is 51.3 Å². The Morgan fingerprint density at radius 2 is 1.62 bits per heavy atom. The van der Waals surface area contributed by atoms with Crippen molar-refractivity contribution in [3.63, 3.8) is 0 Å². The maximum Gasteiger partial charge on any atom is 0.416 e. The van der Waals surface area contributed by atoms with Crippen molar-refractivity contribution in [2.45, 2.75) is 25.6 Å². The minimum Gasteiger partial charge on any atom is -0.493 e. The summed E-state index contributed by atoms with van der Waals surface area (Å²) in [5, 5.41) is 0. The molecular formula is C22H27F3N2O2. The Balaban J connectivity index is 1.59. The van der Waals surface area contributed by atoms with E-state index in [-0.39, 0.29) is 0 Å². The van der Waals surface area contributed by atoms with Crippen LogP contribution in [0.2, 0.25) is 0 Å². The second-order valence-electron chi connectivity index (χ2n) is 7.31. The molecule has 3 rings (SSSR count). The third kappa shape index (κ3) is 5.15. The number of halogens is 3. The molecule has 1 atom stereocenters. The summed E-state index contributed by atoms with van der Waals surface area (Å²) in [5.41, 5.74) is 1.20. The van der Waals surface area contributed by atoms with Gasteiger partial charge in [-0.15, -0.1) is 0 Å². The third-order valence-electron chi connectivity index (χ3n) is 5.46. The highest BCUT2D eigenvalue weighted by Crippen LogP contribution is 2.32. The molecule has 2 aromatic rings. The molecule has 0 bridgehead atoms. The van der Waals surface area contributed by atoms with Gasteiger partial charge in [0, 0.05) is 37.9 Å². The second kappa shape index (κ2) is 8.95. The molecule has 0 N–H and O–H groups in total. The summed E-state index contributed by atoms with van der Waals surface area (Å²) in [7, 11) is 3.24. The Hall–Kier alpha value is -2.41. The first kappa shape index (κ1) is 21.3. The highest BCUT2D eigenvalue weighted by molar-refractivity contribution is 5.49. The molecule has 0 spiro atoms. The lowest BCUT2D eigenvalue weighted by Crippen LogP contribution is -2.50. The number of hydrogen-bond acceptors (Lipinski definition) is 4. The van der Waals surface area contributed by atoms with Gasteiger partial charge in [-0.2, -0.15) is 13.2 Å². The van der Waals surface area contributed by atoms with Crippen molar-refractivity contribution in [3.05, 3.63) is 53.6 Å². The van der Waals surface area contributed by atoms with Crippen LogP contribution in [-0.2, 0) is 12.6 Å². The number of nitrogens with zero attached hydrogens (tertiary/aromatic N) is 2. The Bertz CT molecular complexity index is 818. The van der Waals surface area contributed by atoms with Gasteiger partial charge < -0.3 is 14.4 Å². The van der Waals surface area contributed by atoms with Crippen LogP contribution in [0.4, 0.5) is 18.9 Å². The van der Waals surface area contributed by atoms with Crippen molar-refractivity contribution in [1.82, 2.24) is 4.90 Å². The molecule has 1 fully saturated rings. The molecule has 0 amide bonds. The van der Waals surface area contributed by atoms with Gasteiger partial charge in [0.25, 0.3) is 0 Å². The SMILES string of the molecule is COc1ccc(C[C@@H](C)N2CCN(c3cccc(C(F)(F)F)c3)CC2)cc1OC. The van der Waals surface area contributed by atoms with Crippen molar-refractivity contribution in [2.75, 3.05) is 45.3 Å². The summed E-state index contributed by atoms with van der Waals surface area (Å²) >= 11 is 0. The molecule has 1 aliphatic heterocycles. The van der Waals surface area contributed by atoms with Crippen LogP contribution in [0.25, 0.3) is 0 Å². The highest BCUT2D eigenvalue weighted by Gasteiger charge is 2.31. The third-order valence-corrected chi connectivity index (χ3v) is 5.46. The predicted octanol–water partition coefficient (Wildman–Crippen LogP) is 4.48. The van der Waals surface area contributed by atoms with Crippen molar-refractivity contribution in [3.8, 4) is 11.5 Å². The quantitative estimate of drug-likeness (QED) is 0.704. The van der Waals surface area contributed by atoms with Gasteiger partial charge in [-0.25, -0.2) is 0 Å². The summed E-state index contributed by atoms with van der Waals surface area (Å²) in [6, 6.07) is 11.8. The van der Waals surface area contributed by atoms with Crippen molar-refractivity contribution < 1.29 is 22.6 Å². The molecule has 1 aliphatic rings. The molecule has 1 saturated heterocycles. The summed E-state index contributed by atoms with van der Waals surface area (Å²) in [5.74, 6) is 1.42. The lowest BCUT2D eigenvalue weighted by molar-refractivity contribution is -0.137. The van der Waals surface area contributed by atoms with Gasteiger partial charge in [-0.05, 0) is 49.2 Å². The zero-order valence-electron chi connectivity index (χ0n) is 17.0. The topological polar surface area (TPSA) is 24.9 Å². The first-order chi connectivity index (χ1) is 13.8. The number of piperazine rings is 1. The van der Waals surface area contributed by atoms with Crippen LogP contribution in [0.15, 0.2) is 42.5 Å². The fourth-order valence-electron chi connectivity index (χ4n) is 3.78. The Kier molecular flexibility index (Phi) is 6.57. The van der Waals surface area contributed by atoms with Gasteiger partial charge in [-0.1, -0.05) is 12.1 Å². The molecule has 0 saturated carbocycles. The van der Waals surface area contributed by atoms with Crippen LogP contribution < -0.4 is 14.4 Å². The van der Waals surface area contributed by atoms with E-state index >= 15 is 0 Å². The van der Waals surface area contributed by atoms with Crippen molar-refractivity contribution in [2.24, 2.45) is 0 Å². The number of hydrogen-bond donors (Lipinski definition) is 0. The van der Waals surface area contributed by atoms with Gasteiger partial charge in [0.2, 0.25) is 0 Å². The lowest BCUT2D eigenvalue weighted by Gasteiger charge is -2.39. The van der Waals surface area contributed by atoms with Crippen LogP contribution >= 0.6 is 0 Å². The monoisotopic (exact) mass is 408 g/mol. The van der Waals surface area contributed by atoms with Crippen LogP contribution in [0.3, 0.4) is 0 Å². The fourth-order valence-corrected chi connectivity index (χ4v) is 3.78. The van der Waals surface area contributed by atoms with E-state index in [1.165, 1.54) is 12.1 Å². The van der Waals surface area contributed by atoms with E-state index in [1.54, 1.807) is 20.3 Å². The number of alkyl halides is 3. The number of ether oxygens (including phenoxy) is 2. The molecule has 0 unspecified atom stereocenters. The average Bonchev–Trinajstić information content (AvgIpc) is 2.73. The Morgan fingerprint density at radius 1 is 0.931 bits per heavy atom. The number of methoxy groups -OCH3 is 2. The van der Waals surface area contributed by atoms with E-state index in [0.717, 1.165) is 31.1 Å². The number of anilines is 1. The zero-order chi connectivity index (χ0) is 21.0. The van der Waals surface area contributed by atoms with Gasteiger partial charge in [-0.3, -0.25) is 4.90 Å². The van der Waals surface area contributed by atoms with Gasteiger partial charge in [0.1, 0.15) is 0 Å². The smallest absolute Gasteiger partial charge is 0.416 e. The lowest BCUT2D eigenvalue weighted by atomic mass is 10.0. The maximum atomic E-state index is 13.0. The van der Waals surface area contributed by atoms with Crippen molar-refractivity contribution >= 4 is 5.69 Å². The second-order valence-corrected chi connectivity index (χ2v) is 7.31. The number of benzene rings is 2. The van der Waals surface area contributed by atoms with Crippen molar-refractivity contribution in [1.29, 1.82) is 0 Å². The minimum atomic E-state index is -4.31. The summed E-state index contributed by atoms with van der Waals surface area (Å²) in [4.78, 5) is 4.40. The molecular weight excluding hydrogens is 381 g/mol. The summed E-state index contributed by atoms with van der Waals surface area (Å²) < 4.78 is 49.6. The first-order valence-corrected chi connectivity index (χ1v) is 9.69. The molecule has 2 aromatic carbocycles. The van der Waals surface area contributed by atoms with E-state index in [2.05, 4.69) is 11.8 Å². The molecule has 4 nitrogen and oxygen atoms in total. The van der Waals surface area contributed by atoms with E-state index in [9.17, 15) is 13.2 Å². The maximum absolute atomic E-state index is 13.0. The van der Waals surface area contributed by atoms with E-state index in [1.807, 2.05) is 23.1 Å². The van der Waals surface area contributed by atoms with E-state index < -0.39 is 11.7 Å². The fraction of sp³-hybridized carbons (Fsp3) is 0.455. The zero-order valence-corrected chi connectivity index (χ0v) is 17.0. The number of rotatable bonds is 6. The standard InChI is InChI=1S/C22H27F3N2O2/c1-16(13-17-7-8-20(28-2)21(14-17)29-3)26-9-11-27(12-10-26)19-6-4-5-18(15-19)22(23,24)25/h4-8,14-16H,9-13H2,1-3H3/t16-/m1/s1.